The second-order valence-electron chi connectivity index (χ2n) is 4.98. The fourth-order valence-electron chi connectivity index (χ4n) is 1.72. The molecule has 0 aliphatic carbocycles. The van der Waals surface area contributed by atoms with Crippen molar-refractivity contribution >= 4 is 11.1 Å². The van der Waals surface area contributed by atoms with Crippen LogP contribution < -0.4 is 5.76 Å². The van der Waals surface area contributed by atoms with E-state index in [1.807, 2.05) is 20.8 Å². The fourth-order valence-corrected chi connectivity index (χ4v) is 1.72. The van der Waals surface area contributed by atoms with Gasteiger partial charge in [0.05, 0.1) is 5.52 Å². The Morgan fingerprint density at radius 2 is 1.94 bits per heavy atom. The van der Waals surface area contributed by atoms with Gasteiger partial charge in [0.1, 0.15) is 5.82 Å². The maximum atomic E-state index is 13.8. The Balaban J connectivity index is 2.84. The molecule has 0 radical (unpaired) electrons. The normalized spacial score (nSPS) is 12.3. The molecule has 16 heavy (non-hydrogen) atoms. The lowest BCUT2D eigenvalue weighted by molar-refractivity contribution is 0.514. The lowest BCUT2D eigenvalue weighted by Crippen LogP contribution is -2.14. The van der Waals surface area contributed by atoms with Gasteiger partial charge in [0, 0.05) is 13.1 Å². The number of oxazole rings is 1. The summed E-state index contributed by atoms with van der Waals surface area (Å²) < 4.78 is 20.1. The van der Waals surface area contributed by atoms with Gasteiger partial charge in [-0.15, -0.1) is 0 Å². The molecular formula is C12H14FNO2. The number of aromatic nitrogens is 1. The van der Waals surface area contributed by atoms with E-state index in [2.05, 4.69) is 0 Å². The first-order valence-corrected chi connectivity index (χ1v) is 5.10. The van der Waals surface area contributed by atoms with E-state index in [0.29, 0.717) is 11.1 Å². The molecule has 1 aromatic heterocycles. The predicted octanol–water partition coefficient (Wildman–Crippen LogP) is 2.57. The zero-order valence-electron chi connectivity index (χ0n) is 9.80. The molecule has 0 aliphatic rings. The van der Waals surface area contributed by atoms with Gasteiger partial charge in [-0.05, 0) is 17.0 Å². The van der Waals surface area contributed by atoms with Gasteiger partial charge < -0.3 is 4.42 Å². The SMILES string of the molecule is Cn1c(=O)oc2cc(F)c(C(C)(C)C)cc21. The van der Waals surface area contributed by atoms with Crippen LogP contribution in [0.1, 0.15) is 26.3 Å². The third-order valence-corrected chi connectivity index (χ3v) is 2.69. The minimum absolute atomic E-state index is 0.290. The number of fused-ring (bicyclic) bond motifs is 1. The van der Waals surface area contributed by atoms with Crippen molar-refractivity contribution in [3.63, 3.8) is 0 Å². The van der Waals surface area contributed by atoms with Crippen LogP contribution in [0.3, 0.4) is 0 Å². The van der Waals surface area contributed by atoms with Crippen LogP contribution in [0, 0.1) is 5.82 Å². The largest absolute Gasteiger partial charge is 0.419 e. The average Bonchev–Trinajstić information content (AvgIpc) is 2.39. The van der Waals surface area contributed by atoms with Crippen LogP contribution in [0.15, 0.2) is 21.3 Å². The van der Waals surface area contributed by atoms with Gasteiger partial charge in [-0.25, -0.2) is 9.18 Å². The summed E-state index contributed by atoms with van der Waals surface area (Å²) in [6.07, 6.45) is 0. The molecule has 4 heteroatoms. The second-order valence-corrected chi connectivity index (χ2v) is 4.98. The Labute approximate surface area is 92.5 Å². The van der Waals surface area contributed by atoms with E-state index in [1.165, 1.54) is 10.6 Å². The van der Waals surface area contributed by atoms with E-state index >= 15 is 0 Å². The molecule has 0 amide bonds. The van der Waals surface area contributed by atoms with Gasteiger partial charge >= 0.3 is 5.76 Å². The minimum atomic E-state index is -0.472. The molecular weight excluding hydrogens is 209 g/mol. The van der Waals surface area contributed by atoms with E-state index in [9.17, 15) is 9.18 Å². The number of rotatable bonds is 0. The van der Waals surface area contributed by atoms with E-state index in [-0.39, 0.29) is 16.8 Å². The molecule has 1 heterocycles. The van der Waals surface area contributed by atoms with E-state index < -0.39 is 5.76 Å². The highest BCUT2D eigenvalue weighted by Gasteiger charge is 2.21. The molecule has 1 aromatic carbocycles. The Hall–Kier alpha value is -1.58. The molecule has 0 aliphatic heterocycles. The third-order valence-electron chi connectivity index (χ3n) is 2.69. The van der Waals surface area contributed by atoms with Crippen molar-refractivity contribution in [2.45, 2.75) is 26.2 Å². The number of halogens is 1. The van der Waals surface area contributed by atoms with Crippen LogP contribution in [0.2, 0.25) is 0 Å². The quantitative estimate of drug-likeness (QED) is 0.688. The summed E-state index contributed by atoms with van der Waals surface area (Å²) in [5, 5.41) is 0. The Kier molecular flexibility index (Phi) is 2.19. The highest BCUT2D eigenvalue weighted by atomic mass is 19.1. The van der Waals surface area contributed by atoms with E-state index in [1.54, 1.807) is 13.1 Å². The Bertz CT molecular complexity index is 602. The van der Waals surface area contributed by atoms with E-state index in [4.69, 9.17) is 4.42 Å². The first-order chi connectivity index (χ1) is 7.30. The van der Waals surface area contributed by atoms with Crippen molar-refractivity contribution in [3.05, 3.63) is 34.1 Å². The number of benzene rings is 1. The summed E-state index contributed by atoms with van der Waals surface area (Å²) in [6.45, 7) is 5.78. The van der Waals surface area contributed by atoms with Gasteiger partial charge in [0.25, 0.3) is 0 Å². The smallest absolute Gasteiger partial charge is 0.408 e. The van der Waals surface area contributed by atoms with Crippen molar-refractivity contribution in [2.24, 2.45) is 7.05 Å². The summed E-state index contributed by atoms with van der Waals surface area (Å²) in [5.74, 6) is -0.810. The van der Waals surface area contributed by atoms with Crippen molar-refractivity contribution < 1.29 is 8.81 Å². The van der Waals surface area contributed by atoms with Gasteiger partial charge in [0.2, 0.25) is 0 Å². The average molecular weight is 223 g/mol. The number of nitrogens with zero attached hydrogens (tertiary/aromatic N) is 1. The van der Waals surface area contributed by atoms with Crippen LogP contribution >= 0.6 is 0 Å². The maximum absolute atomic E-state index is 13.8. The molecule has 0 bridgehead atoms. The summed E-state index contributed by atoms with van der Waals surface area (Å²) in [7, 11) is 1.61. The zero-order valence-corrected chi connectivity index (χ0v) is 9.80. The monoisotopic (exact) mass is 223 g/mol. The zero-order chi connectivity index (χ0) is 12.1. The third kappa shape index (κ3) is 1.54. The minimum Gasteiger partial charge on any atom is -0.408 e. The first kappa shape index (κ1) is 10.9. The van der Waals surface area contributed by atoms with Crippen LogP contribution in [-0.4, -0.2) is 4.57 Å². The fraction of sp³-hybridized carbons (Fsp3) is 0.417. The van der Waals surface area contributed by atoms with E-state index in [0.717, 1.165) is 0 Å². The standard InChI is InChI=1S/C12H14FNO2/c1-12(2,3)7-5-9-10(6-8(7)13)16-11(15)14(9)4/h5-6H,1-4H3. The summed E-state index contributed by atoms with van der Waals surface area (Å²) in [6, 6.07) is 2.95. The summed E-state index contributed by atoms with van der Waals surface area (Å²) >= 11 is 0. The number of hydrogen-bond donors (Lipinski definition) is 0. The van der Waals surface area contributed by atoms with Crippen LogP contribution in [-0.2, 0) is 12.5 Å². The Morgan fingerprint density at radius 1 is 1.31 bits per heavy atom. The summed E-state index contributed by atoms with van der Waals surface area (Å²) in [5.41, 5.74) is 1.19. The summed E-state index contributed by atoms with van der Waals surface area (Å²) in [4.78, 5) is 11.3. The highest BCUT2D eigenvalue weighted by Crippen LogP contribution is 2.28. The van der Waals surface area contributed by atoms with Crippen LogP contribution in [0.25, 0.3) is 11.1 Å². The molecule has 0 fully saturated rings. The molecule has 0 unspecified atom stereocenters. The molecule has 2 aromatic rings. The molecule has 3 nitrogen and oxygen atoms in total. The van der Waals surface area contributed by atoms with Crippen LogP contribution in [0.4, 0.5) is 4.39 Å². The molecule has 0 saturated heterocycles. The van der Waals surface area contributed by atoms with Crippen molar-refractivity contribution in [3.8, 4) is 0 Å². The Morgan fingerprint density at radius 3 is 2.50 bits per heavy atom. The molecule has 2 rings (SSSR count). The maximum Gasteiger partial charge on any atom is 0.419 e. The number of aryl methyl sites for hydroxylation is 1. The highest BCUT2D eigenvalue weighted by molar-refractivity contribution is 5.74. The topological polar surface area (TPSA) is 35.1 Å². The first-order valence-electron chi connectivity index (χ1n) is 5.10. The molecule has 86 valence electrons. The van der Waals surface area contributed by atoms with Crippen molar-refractivity contribution in [2.75, 3.05) is 0 Å². The van der Waals surface area contributed by atoms with Gasteiger partial charge in [-0.1, -0.05) is 20.8 Å². The lowest BCUT2D eigenvalue weighted by atomic mass is 9.86. The molecule has 0 spiro atoms. The molecule has 0 saturated carbocycles. The molecule has 0 N–H and O–H groups in total. The van der Waals surface area contributed by atoms with Crippen molar-refractivity contribution in [1.82, 2.24) is 4.57 Å². The van der Waals surface area contributed by atoms with Gasteiger partial charge in [-0.3, -0.25) is 4.57 Å². The second kappa shape index (κ2) is 3.20. The predicted molar refractivity (Wildman–Crippen MR) is 60.1 cm³/mol. The van der Waals surface area contributed by atoms with Crippen LogP contribution in [0.5, 0.6) is 0 Å². The van der Waals surface area contributed by atoms with Crippen molar-refractivity contribution in [1.29, 1.82) is 0 Å². The number of hydrogen-bond acceptors (Lipinski definition) is 2. The van der Waals surface area contributed by atoms with Gasteiger partial charge in [-0.2, -0.15) is 0 Å². The van der Waals surface area contributed by atoms with Gasteiger partial charge in [0.15, 0.2) is 5.58 Å². The molecule has 0 atom stereocenters. The lowest BCUT2D eigenvalue weighted by Gasteiger charge is -2.19.